The van der Waals surface area contributed by atoms with Gasteiger partial charge >= 0.3 is 0 Å². The first kappa shape index (κ1) is 20.9. The van der Waals surface area contributed by atoms with E-state index in [0.717, 1.165) is 11.3 Å². The van der Waals surface area contributed by atoms with Crippen LogP contribution in [-0.2, 0) is 6.54 Å². The van der Waals surface area contributed by atoms with Crippen LogP contribution in [0.15, 0.2) is 61.1 Å². The maximum Gasteiger partial charge on any atom is 0.287 e. The Bertz CT molecular complexity index is 916. The van der Waals surface area contributed by atoms with E-state index < -0.39 is 0 Å². The van der Waals surface area contributed by atoms with Gasteiger partial charge in [0, 0.05) is 22.7 Å². The van der Waals surface area contributed by atoms with Gasteiger partial charge in [-0.2, -0.15) is 0 Å². The molecule has 0 bridgehead atoms. The average Bonchev–Trinajstić information content (AvgIpc) is 2.68. The summed E-state index contributed by atoms with van der Waals surface area (Å²) in [6.45, 7) is 0.203. The van der Waals surface area contributed by atoms with Gasteiger partial charge in [-0.15, -0.1) is 0 Å². The molecule has 3 aromatic rings. The van der Waals surface area contributed by atoms with Crippen LogP contribution in [0.4, 0.5) is 0 Å². The maximum atomic E-state index is 12.3. The van der Waals surface area contributed by atoms with Crippen molar-refractivity contribution >= 4 is 17.4 Å². The summed E-state index contributed by atoms with van der Waals surface area (Å²) in [4.78, 5) is 16.8. The third kappa shape index (κ3) is 5.05. The van der Waals surface area contributed by atoms with Gasteiger partial charge in [0.1, 0.15) is 11.5 Å². The van der Waals surface area contributed by atoms with Crippen LogP contribution >= 0.6 is 11.6 Å². The summed E-state index contributed by atoms with van der Waals surface area (Å²) >= 11 is 5.85. The smallest absolute Gasteiger partial charge is 0.287 e. The van der Waals surface area contributed by atoms with Gasteiger partial charge in [0.2, 0.25) is 5.78 Å². The first-order chi connectivity index (χ1) is 12.6. The van der Waals surface area contributed by atoms with E-state index in [0.29, 0.717) is 22.1 Å². The highest BCUT2D eigenvalue weighted by Crippen LogP contribution is 2.31. The molecule has 0 aliphatic heterocycles. The Hall–Kier alpha value is -2.44. The van der Waals surface area contributed by atoms with Crippen LogP contribution in [0, 0.1) is 0 Å². The molecule has 3 rings (SSSR count). The van der Waals surface area contributed by atoms with Gasteiger partial charge in [-0.05, 0) is 41.4 Å². The van der Waals surface area contributed by atoms with Crippen LogP contribution in [0.5, 0.6) is 11.5 Å². The third-order valence-corrected chi connectivity index (χ3v) is 4.20. The molecule has 0 fully saturated rings. The minimum Gasteiger partial charge on any atom is -1.00 e. The molecule has 0 aliphatic carbocycles. The summed E-state index contributed by atoms with van der Waals surface area (Å²) in [5.74, 6) is 1.38. The third-order valence-electron chi connectivity index (χ3n) is 3.95. The van der Waals surface area contributed by atoms with Crippen molar-refractivity contribution in [2.75, 3.05) is 14.2 Å². The van der Waals surface area contributed by atoms with Gasteiger partial charge in [0.25, 0.3) is 6.33 Å². The first-order valence-electron chi connectivity index (χ1n) is 7.97. The molecular formula is C20H18BrClN2O3. The van der Waals surface area contributed by atoms with E-state index >= 15 is 0 Å². The molecule has 0 radical (unpaired) electrons. The minimum atomic E-state index is -0.0109. The number of benzene rings is 2. The van der Waals surface area contributed by atoms with Crippen molar-refractivity contribution in [3.8, 4) is 22.8 Å². The highest BCUT2D eigenvalue weighted by Gasteiger charge is 2.15. The number of Topliss-reactive ketones (excluding diaryl/α,β-unsaturated/α-hetero) is 1. The molecule has 0 saturated heterocycles. The van der Waals surface area contributed by atoms with Gasteiger partial charge in [0.05, 0.1) is 26.0 Å². The highest BCUT2D eigenvalue weighted by atomic mass is 79.9. The molecule has 0 aliphatic rings. The lowest BCUT2D eigenvalue weighted by Crippen LogP contribution is -3.00. The van der Waals surface area contributed by atoms with Crippen molar-refractivity contribution in [3.05, 3.63) is 71.6 Å². The summed E-state index contributed by atoms with van der Waals surface area (Å²) in [6, 6.07) is 14.2. The van der Waals surface area contributed by atoms with E-state index in [2.05, 4.69) is 4.98 Å². The van der Waals surface area contributed by atoms with E-state index in [1.54, 1.807) is 49.4 Å². The largest absolute Gasteiger partial charge is 1.00 e. The number of ether oxygens (including phenoxy) is 2. The number of hydrogen-bond donors (Lipinski definition) is 0. The van der Waals surface area contributed by atoms with Crippen LogP contribution in [0.25, 0.3) is 11.3 Å². The van der Waals surface area contributed by atoms with Gasteiger partial charge in [-0.3, -0.25) is 4.79 Å². The lowest BCUT2D eigenvalue weighted by atomic mass is 10.1. The van der Waals surface area contributed by atoms with Crippen LogP contribution in [0.3, 0.4) is 0 Å². The topological polar surface area (TPSA) is 52.3 Å². The number of rotatable bonds is 6. The monoisotopic (exact) mass is 448 g/mol. The summed E-state index contributed by atoms with van der Waals surface area (Å²) in [7, 11) is 3.21. The Kier molecular flexibility index (Phi) is 7.33. The van der Waals surface area contributed by atoms with E-state index in [4.69, 9.17) is 21.1 Å². The Morgan fingerprint density at radius 1 is 1.07 bits per heavy atom. The van der Waals surface area contributed by atoms with Gasteiger partial charge in [-0.1, -0.05) is 11.6 Å². The molecule has 7 heteroatoms. The highest BCUT2D eigenvalue weighted by molar-refractivity contribution is 6.30. The van der Waals surface area contributed by atoms with Crippen molar-refractivity contribution in [1.29, 1.82) is 0 Å². The lowest BCUT2D eigenvalue weighted by molar-refractivity contribution is -0.686. The fraction of sp³-hybridized carbons (Fsp3) is 0.150. The second-order valence-electron chi connectivity index (χ2n) is 5.61. The fourth-order valence-corrected chi connectivity index (χ4v) is 2.67. The van der Waals surface area contributed by atoms with Crippen LogP contribution in [0.2, 0.25) is 5.02 Å². The van der Waals surface area contributed by atoms with Crippen LogP contribution < -0.4 is 31.0 Å². The number of ketones is 1. The van der Waals surface area contributed by atoms with Crippen molar-refractivity contribution in [3.63, 3.8) is 0 Å². The normalized spacial score (nSPS) is 10.0. The van der Waals surface area contributed by atoms with Gasteiger partial charge < -0.3 is 26.5 Å². The molecule has 0 unspecified atom stereocenters. The van der Waals surface area contributed by atoms with Crippen molar-refractivity contribution in [1.82, 2.24) is 4.98 Å². The number of nitrogens with zero attached hydrogens (tertiary/aromatic N) is 2. The number of methoxy groups -OCH3 is 2. The number of carbonyl (C=O) groups is 1. The van der Waals surface area contributed by atoms with E-state index in [1.165, 1.54) is 0 Å². The molecule has 5 nitrogen and oxygen atoms in total. The predicted molar refractivity (Wildman–Crippen MR) is 98.8 cm³/mol. The van der Waals surface area contributed by atoms with Gasteiger partial charge in [0.15, 0.2) is 12.2 Å². The molecule has 0 N–H and O–H groups in total. The molecule has 1 heterocycles. The lowest BCUT2D eigenvalue weighted by Gasteiger charge is -2.08. The van der Waals surface area contributed by atoms with E-state index in [1.807, 2.05) is 30.5 Å². The zero-order chi connectivity index (χ0) is 18.5. The Labute approximate surface area is 173 Å². The molecule has 140 valence electrons. The fourth-order valence-electron chi connectivity index (χ4n) is 2.54. The molecule has 0 amide bonds. The van der Waals surface area contributed by atoms with Crippen LogP contribution in [-0.4, -0.2) is 25.0 Å². The number of aromatic nitrogens is 2. The maximum absolute atomic E-state index is 12.3. The number of hydrogen-bond acceptors (Lipinski definition) is 4. The van der Waals surface area contributed by atoms with Crippen LogP contribution in [0.1, 0.15) is 10.4 Å². The summed E-state index contributed by atoms with van der Waals surface area (Å²) in [5.41, 5.74) is 2.21. The van der Waals surface area contributed by atoms with E-state index in [9.17, 15) is 4.79 Å². The summed E-state index contributed by atoms with van der Waals surface area (Å²) in [6.07, 6.45) is 3.45. The standard InChI is InChI=1S/C20H18ClN2O3.BrH/c1-25-16-7-8-17(20(11-16)26-2)18-9-10-23(13-22-18)12-19(24)14-3-5-15(21)6-4-14;/h3-11,13H,12H2,1-2H3;1H/q+1;/p-1. The second kappa shape index (κ2) is 9.48. The number of halogens is 2. The number of carbonyl (C=O) groups excluding carboxylic acids is 1. The summed E-state index contributed by atoms with van der Waals surface area (Å²) in [5, 5.41) is 0.605. The SMILES string of the molecule is COc1ccc(-c2cc[n+](CC(=O)c3ccc(Cl)cc3)cn2)c(OC)c1.[Br-]. The van der Waals surface area contributed by atoms with Crippen molar-refractivity contribution in [2.24, 2.45) is 0 Å². The minimum absolute atomic E-state index is 0. The summed E-state index contributed by atoms with van der Waals surface area (Å²) < 4.78 is 12.4. The molecule has 0 saturated carbocycles. The zero-order valence-corrected chi connectivity index (χ0v) is 17.2. The molecule has 0 atom stereocenters. The Balaban J connectivity index is 0.00000261. The zero-order valence-electron chi connectivity index (χ0n) is 14.9. The quantitative estimate of drug-likeness (QED) is 0.408. The average molecular weight is 450 g/mol. The first-order valence-corrected chi connectivity index (χ1v) is 8.35. The van der Waals surface area contributed by atoms with Gasteiger partial charge in [-0.25, -0.2) is 4.57 Å². The van der Waals surface area contributed by atoms with Crippen molar-refractivity contribution in [2.45, 2.75) is 6.54 Å². The molecule has 0 spiro atoms. The molecular weight excluding hydrogens is 432 g/mol. The molecule has 2 aromatic carbocycles. The van der Waals surface area contributed by atoms with Crippen molar-refractivity contribution < 1.29 is 35.8 Å². The van der Waals surface area contributed by atoms with E-state index in [-0.39, 0.29) is 29.3 Å². The molecule has 27 heavy (non-hydrogen) atoms. The second-order valence-corrected chi connectivity index (χ2v) is 6.05. The predicted octanol–water partition coefficient (Wildman–Crippen LogP) is 0.594. The Morgan fingerprint density at radius 3 is 2.41 bits per heavy atom. The molecule has 1 aromatic heterocycles. The Morgan fingerprint density at radius 2 is 1.81 bits per heavy atom.